The fourth-order valence-corrected chi connectivity index (χ4v) is 4.58. The molecule has 28 heavy (non-hydrogen) atoms. The Hall–Kier alpha value is -1.93. The van der Waals surface area contributed by atoms with Gasteiger partial charge in [0.05, 0.1) is 16.9 Å². The largest absolute Gasteiger partial charge is 0.390 e. The summed E-state index contributed by atoms with van der Waals surface area (Å²) < 4.78 is 25.2. The van der Waals surface area contributed by atoms with Crippen molar-refractivity contribution in [2.45, 2.75) is 25.9 Å². The van der Waals surface area contributed by atoms with Gasteiger partial charge in [0.25, 0.3) is 0 Å². The van der Waals surface area contributed by atoms with E-state index in [0.29, 0.717) is 17.1 Å². The molecule has 0 atom stereocenters. The van der Waals surface area contributed by atoms with E-state index in [9.17, 15) is 13.5 Å². The van der Waals surface area contributed by atoms with Crippen molar-refractivity contribution in [1.29, 1.82) is 0 Å². The summed E-state index contributed by atoms with van der Waals surface area (Å²) in [6.07, 6.45) is 3.31. The van der Waals surface area contributed by atoms with E-state index in [4.69, 9.17) is 11.6 Å². The first-order valence-electron chi connectivity index (χ1n) is 8.54. The van der Waals surface area contributed by atoms with Crippen molar-refractivity contribution in [3.8, 4) is 21.6 Å². The molecule has 0 radical (unpaired) electrons. The van der Waals surface area contributed by atoms with Crippen molar-refractivity contribution in [2.75, 3.05) is 11.0 Å². The maximum absolute atomic E-state index is 11.4. The van der Waals surface area contributed by atoms with Gasteiger partial charge < -0.3 is 5.11 Å². The van der Waals surface area contributed by atoms with Crippen LogP contribution in [0.3, 0.4) is 0 Å². The number of benzene rings is 1. The van der Waals surface area contributed by atoms with Gasteiger partial charge in [0, 0.05) is 34.4 Å². The van der Waals surface area contributed by atoms with E-state index in [1.807, 2.05) is 23.6 Å². The number of nitrogens with zero attached hydrogens (tertiary/aromatic N) is 1. The van der Waals surface area contributed by atoms with Gasteiger partial charge in [-0.15, -0.1) is 11.3 Å². The molecule has 0 aliphatic carbocycles. The van der Waals surface area contributed by atoms with Crippen molar-refractivity contribution in [3.05, 3.63) is 58.7 Å². The third kappa shape index (κ3) is 5.54. The Balaban J connectivity index is 1.88. The monoisotopic (exact) mass is 436 g/mol. The predicted molar refractivity (Wildman–Crippen MR) is 116 cm³/mol. The van der Waals surface area contributed by atoms with Crippen molar-refractivity contribution in [2.24, 2.45) is 0 Å². The smallest absolute Gasteiger partial charge is 0.229 e. The number of halogens is 1. The molecule has 0 aliphatic heterocycles. The van der Waals surface area contributed by atoms with Gasteiger partial charge in [-0.2, -0.15) is 0 Å². The maximum Gasteiger partial charge on any atom is 0.229 e. The van der Waals surface area contributed by atoms with E-state index >= 15 is 0 Å². The van der Waals surface area contributed by atoms with E-state index in [2.05, 4.69) is 9.71 Å². The molecule has 2 heterocycles. The van der Waals surface area contributed by atoms with Gasteiger partial charge in [-0.1, -0.05) is 17.7 Å². The first kappa shape index (κ1) is 20.8. The highest BCUT2D eigenvalue weighted by Gasteiger charge is 2.15. The fourth-order valence-electron chi connectivity index (χ4n) is 2.83. The van der Waals surface area contributed by atoms with Gasteiger partial charge in [-0.05, 0) is 60.7 Å². The van der Waals surface area contributed by atoms with Gasteiger partial charge in [0.2, 0.25) is 10.0 Å². The minimum Gasteiger partial charge on any atom is -0.390 e. The van der Waals surface area contributed by atoms with E-state index in [1.165, 1.54) is 0 Å². The van der Waals surface area contributed by atoms with Crippen LogP contribution in [0.5, 0.6) is 0 Å². The second-order valence-electron chi connectivity index (χ2n) is 7.29. The third-order valence-corrected chi connectivity index (χ3v) is 5.80. The van der Waals surface area contributed by atoms with Crippen LogP contribution in [0.4, 0.5) is 5.69 Å². The van der Waals surface area contributed by atoms with E-state index in [0.717, 1.165) is 33.5 Å². The zero-order valence-corrected chi connectivity index (χ0v) is 18.1. The van der Waals surface area contributed by atoms with Crippen LogP contribution in [0.2, 0.25) is 5.02 Å². The van der Waals surface area contributed by atoms with Crippen LogP contribution in [-0.4, -0.2) is 30.4 Å². The molecule has 0 fully saturated rings. The number of sulfonamides is 1. The summed E-state index contributed by atoms with van der Waals surface area (Å²) in [6.45, 7) is 3.52. The molecule has 0 spiro atoms. The van der Waals surface area contributed by atoms with Gasteiger partial charge in [-0.3, -0.25) is 9.71 Å². The van der Waals surface area contributed by atoms with Crippen LogP contribution in [0.25, 0.3) is 21.6 Å². The second kappa shape index (κ2) is 7.83. The number of anilines is 1. The summed E-state index contributed by atoms with van der Waals surface area (Å²) >= 11 is 7.96. The second-order valence-corrected chi connectivity index (χ2v) is 10.4. The number of aromatic nitrogens is 1. The van der Waals surface area contributed by atoms with Gasteiger partial charge in [-0.25, -0.2) is 8.42 Å². The third-order valence-electron chi connectivity index (χ3n) is 3.90. The van der Waals surface area contributed by atoms with Crippen molar-refractivity contribution < 1.29 is 13.5 Å². The van der Waals surface area contributed by atoms with Gasteiger partial charge >= 0.3 is 0 Å². The quantitative estimate of drug-likeness (QED) is 0.580. The molecule has 0 bridgehead atoms. The van der Waals surface area contributed by atoms with E-state index in [1.54, 1.807) is 49.6 Å². The van der Waals surface area contributed by atoms with Crippen molar-refractivity contribution >= 4 is 38.6 Å². The number of nitrogens with one attached hydrogen (secondary N) is 1. The van der Waals surface area contributed by atoms with Gasteiger partial charge in [0.1, 0.15) is 0 Å². The summed E-state index contributed by atoms with van der Waals surface area (Å²) in [6, 6.07) is 11.0. The summed E-state index contributed by atoms with van der Waals surface area (Å²) in [7, 11) is -3.35. The minimum absolute atomic E-state index is 0.428. The topological polar surface area (TPSA) is 79.3 Å². The highest BCUT2D eigenvalue weighted by molar-refractivity contribution is 7.92. The lowest BCUT2D eigenvalue weighted by Crippen LogP contribution is -2.22. The average molecular weight is 437 g/mol. The number of pyridine rings is 1. The molecule has 5 nitrogen and oxygen atoms in total. The zero-order valence-electron chi connectivity index (χ0n) is 15.7. The van der Waals surface area contributed by atoms with Crippen molar-refractivity contribution in [3.63, 3.8) is 0 Å². The Labute approximate surface area is 174 Å². The Morgan fingerprint density at radius 3 is 2.57 bits per heavy atom. The normalized spacial score (nSPS) is 12.2. The average Bonchev–Trinajstić information content (AvgIpc) is 3.02. The molecule has 3 rings (SSSR count). The first-order valence-corrected chi connectivity index (χ1v) is 11.7. The van der Waals surface area contributed by atoms with Crippen LogP contribution < -0.4 is 4.72 Å². The Kier molecular flexibility index (Phi) is 5.82. The number of hydrogen-bond acceptors (Lipinski definition) is 5. The molecule has 0 saturated carbocycles. The van der Waals surface area contributed by atoms with Crippen LogP contribution >= 0.6 is 22.9 Å². The maximum atomic E-state index is 11.4. The molecule has 2 N–H and O–H groups in total. The molecular formula is C20H21ClN2O3S2. The molecule has 1 aromatic carbocycles. The molecule has 0 aliphatic rings. The molecule has 3 aromatic rings. The molecule has 0 unspecified atom stereocenters. The molecule has 2 aromatic heterocycles. The Morgan fingerprint density at radius 2 is 1.93 bits per heavy atom. The van der Waals surface area contributed by atoms with Gasteiger partial charge in [0.15, 0.2) is 0 Å². The minimum atomic E-state index is -3.35. The summed E-state index contributed by atoms with van der Waals surface area (Å²) in [5.74, 6) is 0. The number of rotatable bonds is 6. The highest BCUT2D eigenvalue weighted by Crippen LogP contribution is 2.37. The number of thiophene rings is 1. The first-order chi connectivity index (χ1) is 13.0. The van der Waals surface area contributed by atoms with E-state index < -0.39 is 15.6 Å². The zero-order chi connectivity index (χ0) is 20.5. The number of hydrogen-bond donors (Lipinski definition) is 2. The number of aliphatic hydroxyl groups is 1. The molecule has 8 heteroatoms. The SMILES string of the molecule is CC(C)(O)Cc1cc(-c2cc(-c3ccc(NS(C)(=O)=O)cc3Cl)cs2)ccn1. The summed E-state index contributed by atoms with van der Waals surface area (Å²) in [4.78, 5) is 5.39. The molecule has 0 saturated heterocycles. The lowest BCUT2D eigenvalue weighted by Gasteiger charge is -2.16. The van der Waals surface area contributed by atoms with Crippen LogP contribution in [0.15, 0.2) is 48.0 Å². The van der Waals surface area contributed by atoms with E-state index in [-0.39, 0.29) is 0 Å². The Morgan fingerprint density at radius 1 is 1.18 bits per heavy atom. The van der Waals surface area contributed by atoms with Crippen molar-refractivity contribution in [1.82, 2.24) is 4.98 Å². The van der Waals surface area contributed by atoms with Crippen LogP contribution in [0, 0.1) is 0 Å². The standard InChI is InChI=1S/C20H21ClN2O3S2/c1-20(2,24)11-16-8-13(6-7-22-16)19-9-14(12-27-19)17-5-4-15(10-18(17)21)23-28(3,25)26/h4-10,12,23-24H,11H2,1-3H3. The summed E-state index contributed by atoms with van der Waals surface area (Å²) in [5.41, 5.74) is 3.25. The lowest BCUT2D eigenvalue weighted by atomic mass is 10.0. The molecule has 148 valence electrons. The summed E-state index contributed by atoms with van der Waals surface area (Å²) in [5, 5.41) is 12.5. The van der Waals surface area contributed by atoms with Crippen LogP contribution in [0.1, 0.15) is 19.5 Å². The highest BCUT2D eigenvalue weighted by atomic mass is 35.5. The molecule has 0 amide bonds. The Bertz CT molecular complexity index is 1100. The van der Waals surface area contributed by atoms with Crippen LogP contribution in [-0.2, 0) is 16.4 Å². The molecular weight excluding hydrogens is 416 g/mol. The predicted octanol–water partition coefficient (Wildman–Crippen LogP) is 4.82. The lowest BCUT2D eigenvalue weighted by molar-refractivity contribution is 0.0800. The fraction of sp³-hybridized carbons (Fsp3) is 0.250.